The Morgan fingerprint density at radius 2 is 2.22 bits per heavy atom. The minimum atomic E-state index is -0.257. The van der Waals surface area contributed by atoms with Crippen molar-refractivity contribution in [3.8, 4) is 6.07 Å². The highest BCUT2D eigenvalue weighted by molar-refractivity contribution is 4.98. The smallest absolute Gasteiger partial charge is 0.0949 e. The zero-order valence-corrected chi connectivity index (χ0v) is 11.7. The van der Waals surface area contributed by atoms with Gasteiger partial charge in [-0.15, -0.1) is 0 Å². The molecule has 4 nitrogen and oxygen atoms in total. The Labute approximate surface area is 110 Å². The van der Waals surface area contributed by atoms with Gasteiger partial charge in [0.25, 0.3) is 0 Å². The van der Waals surface area contributed by atoms with Gasteiger partial charge in [0, 0.05) is 25.7 Å². The molecular weight excluding hydrogens is 224 g/mol. The molecule has 0 amide bonds. The molecule has 1 aromatic heterocycles. The number of hydrogen-bond donors (Lipinski definition) is 1. The van der Waals surface area contributed by atoms with Gasteiger partial charge in [0.2, 0.25) is 0 Å². The Bertz CT molecular complexity index is 387. The van der Waals surface area contributed by atoms with Gasteiger partial charge in [-0.3, -0.25) is 0 Å². The molecule has 0 radical (unpaired) electrons. The van der Waals surface area contributed by atoms with E-state index >= 15 is 0 Å². The third-order valence-corrected chi connectivity index (χ3v) is 2.97. The van der Waals surface area contributed by atoms with Crippen LogP contribution in [0.1, 0.15) is 39.3 Å². The van der Waals surface area contributed by atoms with Crippen molar-refractivity contribution >= 4 is 0 Å². The molecule has 0 aliphatic carbocycles. The van der Waals surface area contributed by atoms with Gasteiger partial charge in [-0.25, -0.2) is 4.98 Å². The molecule has 0 saturated carbocycles. The lowest BCUT2D eigenvalue weighted by atomic mass is 9.91. The largest absolute Gasteiger partial charge is 0.337 e. The summed E-state index contributed by atoms with van der Waals surface area (Å²) >= 11 is 0. The van der Waals surface area contributed by atoms with Crippen LogP contribution in [0.4, 0.5) is 0 Å². The summed E-state index contributed by atoms with van der Waals surface area (Å²) in [5.74, 6) is 0. The van der Waals surface area contributed by atoms with Crippen molar-refractivity contribution < 1.29 is 0 Å². The zero-order valence-electron chi connectivity index (χ0n) is 11.7. The van der Waals surface area contributed by atoms with Crippen molar-refractivity contribution in [2.75, 3.05) is 13.1 Å². The minimum absolute atomic E-state index is 0.257. The number of rotatable bonds is 8. The SMILES string of the molecule is CCCNCCc1cn(CCC(C)(C)C#N)cn1. The monoisotopic (exact) mass is 248 g/mol. The van der Waals surface area contributed by atoms with Crippen LogP contribution < -0.4 is 5.32 Å². The van der Waals surface area contributed by atoms with E-state index in [0.717, 1.165) is 44.6 Å². The maximum absolute atomic E-state index is 8.96. The Morgan fingerprint density at radius 1 is 1.44 bits per heavy atom. The molecule has 0 spiro atoms. The van der Waals surface area contributed by atoms with Gasteiger partial charge in [0.05, 0.1) is 23.5 Å². The summed E-state index contributed by atoms with van der Waals surface area (Å²) in [7, 11) is 0. The molecule has 0 aromatic carbocycles. The number of aromatic nitrogens is 2. The van der Waals surface area contributed by atoms with E-state index in [-0.39, 0.29) is 5.41 Å². The molecule has 1 heterocycles. The molecule has 0 aliphatic rings. The van der Waals surface area contributed by atoms with Crippen LogP contribution in [0.2, 0.25) is 0 Å². The van der Waals surface area contributed by atoms with Gasteiger partial charge >= 0.3 is 0 Å². The number of aryl methyl sites for hydroxylation is 1. The number of nitriles is 1. The van der Waals surface area contributed by atoms with Crippen LogP contribution in [0, 0.1) is 16.7 Å². The van der Waals surface area contributed by atoms with Crippen molar-refractivity contribution in [3.05, 3.63) is 18.2 Å². The first kappa shape index (κ1) is 14.7. The average molecular weight is 248 g/mol. The van der Waals surface area contributed by atoms with Crippen LogP contribution in [0.3, 0.4) is 0 Å². The normalized spacial score (nSPS) is 11.4. The lowest BCUT2D eigenvalue weighted by Gasteiger charge is -2.14. The van der Waals surface area contributed by atoms with Crippen molar-refractivity contribution in [2.45, 2.75) is 46.6 Å². The van der Waals surface area contributed by atoms with Crippen LogP contribution in [0.25, 0.3) is 0 Å². The molecule has 100 valence electrons. The molecule has 0 bridgehead atoms. The quantitative estimate of drug-likeness (QED) is 0.719. The third-order valence-electron chi connectivity index (χ3n) is 2.97. The van der Waals surface area contributed by atoms with E-state index in [4.69, 9.17) is 5.26 Å². The number of hydrogen-bond acceptors (Lipinski definition) is 3. The van der Waals surface area contributed by atoms with Crippen molar-refractivity contribution in [1.82, 2.24) is 14.9 Å². The first-order chi connectivity index (χ1) is 8.57. The minimum Gasteiger partial charge on any atom is -0.337 e. The zero-order chi connectivity index (χ0) is 13.4. The summed E-state index contributed by atoms with van der Waals surface area (Å²) in [5.41, 5.74) is 0.862. The van der Waals surface area contributed by atoms with Gasteiger partial charge in [-0.2, -0.15) is 5.26 Å². The summed E-state index contributed by atoms with van der Waals surface area (Å²) in [6.45, 7) is 9.01. The summed E-state index contributed by atoms with van der Waals surface area (Å²) < 4.78 is 2.08. The summed E-state index contributed by atoms with van der Waals surface area (Å²) in [6, 6.07) is 2.32. The van der Waals surface area contributed by atoms with E-state index in [1.54, 1.807) is 0 Å². The van der Waals surface area contributed by atoms with Crippen LogP contribution in [-0.2, 0) is 13.0 Å². The van der Waals surface area contributed by atoms with E-state index in [0.29, 0.717) is 0 Å². The second-order valence-corrected chi connectivity index (χ2v) is 5.35. The Hall–Kier alpha value is -1.34. The Morgan fingerprint density at radius 3 is 2.89 bits per heavy atom. The fourth-order valence-electron chi connectivity index (χ4n) is 1.64. The molecule has 0 unspecified atom stereocenters. The lowest BCUT2D eigenvalue weighted by Crippen LogP contribution is -2.17. The molecular formula is C14H24N4. The van der Waals surface area contributed by atoms with Crippen molar-refractivity contribution in [3.63, 3.8) is 0 Å². The van der Waals surface area contributed by atoms with Gasteiger partial charge in [-0.1, -0.05) is 6.92 Å². The van der Waals surface area contributed by atoms with Crippen molar-refractivity contribution in [1.29, 1.82) is 5.26 Å². The molecule has 4 heteroatoms. The van der Waals surface area contributed by atoms with E-state index in [1.165, 1.54) is 0 Å². The van der Waals surface area contributed by atoms with Crippen LogP contribution in [-0.4, -0.2) is 22.6 Å². The molecule has 18 heavy (non-hydrogen) atoms. The Balaban J connectivity index is 2.33. The second-order valence-electron chi connectivity index (χ2n) is 5.35. The van der Waals surface area contributed by atoms with Gasteiger partial charge in [0.15, 0.2) is 0 Å². The van der Waals surface area contributed by atoms with Crippen molar-refractivity contribution in [2.24, 2.45) is 5.41 Å². The molecule has 1 aromatic rings. The standard InChI is InChI=1S/C14H24N4/c1-4-7-16-8-5-13-10-18(12-17-13)9-6-14(2,3)11-15/h10,12,16H,4-9H2,1-3H3. The van der Waals surface area contributed by atoms with E-state index in [9.17, 15) is 0 Å². The molecule has 0 atom stereocenters. The van der Waals surface area contributed by atoms with E-state index < -0.39 is 0 Å². The van der Waals surface area contributed by atoms with E-state index in [1.807, 2.05) is 20.2 Å². The molecule has 1 N–H and O–H groups in total. The maximum Gasteiger partial charge on any atom is 0.0949 e. The topological polar surface area (TPSA) is 53.6 Å². The first-order valence-corrected chi connectivity index (χ1v) is 6.70. The predicted molar refractivity (Wildman–Crippen MR) is 73.1 cm³/mol. The summed E-state index contributed by atoms with van der Waals surface area (Å²) in [5, 5.41) is 12.3. The fourth-order valence-corrected chi connectivity index (χ4v) is 1.64. The van der Waals surface area contributed by atoms with Crippen LogP contribution in [0.15, 0.2) is 12.5 Å². The van der Waals surface area contributed by atoms with Gasteiger partial charge < -0.3 is 9.88 Å². The molecule has 0 aliphatic heterocycles. The summed E-state index contributed by atoms with van der Waals surface area (Å²) in [4.78, 5) is 4.38. The molecule has 0 fully saturated rings. The van der Waals surface area contributed by atoms with E-state index in [2.05, 4.69) is 34.1 Å². The van der Waals surface area contributed by atoms with Crippen LogP contribution in [0.5, 0.6) is 0 Å². The lowest BCUT2D eigenvalue weighted by molar-refractivity contribution is 0.413. The maximum atomic E-state index is 8.96. The molecule has 1 rings (SSSR count). The van der Waals surface area contributed by atoms with Gasteiger partial charge in [0.1, 0.15) is 0 Å². The van der Waals surface area contributed by atoms with Gasteiger partial charge in [-0.05, 0) is 33.2 Å². The average Bonchev–Trinajstić information content (AvgIpc) is 2.80. The summed E-state index contributed by atoms with van der Waals surface area (Å²) in [6.07, 6.45) is 6.93. The number of nitrogens with zero attached hydrogens (tertiary/aromatic N) is 3. The molecule has 0 saturated heterocycles. The number of nitrogens with one attached hydrogen (secondary N) is 1. The number of imidazole rings is 1. The second kappa shape index (κ2) is 7.17. The van der Waals surface area contributed by atoms with Crippen LogP contribution >= 0.6 is 0 Å². The highest BCUT2D eigenvalue weighted by Gasteiger charge is 2.16. The highest BCUT2D eigenvalue weighted by Crippen LogP contribution is 2.19. The first-order valence-electron chi connectivity index (χ1n) is 6.70. The predicted octanol–water partition coefficient (Wildman–Crippen LogP) is 2.37. The third kappa shape index (κ3) is 5.33. The highest BCUT2D eigenvalue weighted by atomic mass is 15.0. The Kier molecular flexibility index (Phi) is 5.87. The fraction of sp³-hybridized carbons (Fsp3) is 0.714.